The number of nitriles is 1. The summed E-state index contributed by atoms with van der Waals surface area (Å²) in [5.74, 6) is 0.841. The van der Waals surface area contributed by atoms with Crippen molar-refractivity contribution in [3.05, 3.63) is 0 Å². The molecule has 3 unspecified atom stereocenters. The second kappa shape index (κ2) is 8.26. The average molecular weight is 279 g/mol. The number of hydrogen-bond donors (Lipinski definition) is 1. The number of rotatable bonds is 6. The lowest BCUT2D eigenvalue weighted by Crippen LogP contribution is -2.49. The molecule has 0 aromatic carbocycles. The van der Waals surface area contributed by atoms with Gasteiger partial charge in [-0.25, -0.2) is 0 Å². The summed E-state index contributed by atoms with van der Waals surface area (Å²) in [5.41, 5.74) is 0. The molecular formula is C16H29N3O. The first-order valence-electron chi connectivity index (χ1n) is 7.94. The Morgan fingerprint density at radius 3 is 2.60 bits per heavy atom. The Hall–Kier alpha value is -1.08. The zero-order valence-corrected chi connectivity index (χ0v) is 13.4. The predicted molar refractivity (Wildman–Crippen MR) is 81.0 cm³/mol. The van der Waals surface area contributed by atoms with E-state index in [1.165, 1.54) is 6.42 Å². The SMILES string of the molecule is CCC1CCC(C#N)C(N(CC)CC(=O)NC(C)C)C1. The van der Waals surface area contributed by atoms with Gasteiger partial charge in [0.1, 0.15) is 0 Å². The highest BCUT2D eigenvalue weighted by molar-refractivity contribution is 5.78. The minimum atomic E-state index is 0.0668. The molecule has 1 aliphatic carbocycles. The van der Waals surface area contributed by atoms with Gasteiger partial charge in [0, 0.05) is 12.1 Å². The number of carbonyl (C=O) groups is 1. The van der Waals surface area contributed by atoms with Crippen molar-refractivity contribution in [1.29, 1.82) is 5.26 Å². The van der Waals surface area contributed by atoms with Crippen molar-refractivity contribution in [2.45, 2.75) is 65.5 Å². The smallest absolute Gasteiger partial charge is 0.234 e. The van der Waals surface area contributed by atoms with Crippen LogP contribution < -0.4 is 5.32 Å². The second-order valence-corrected chi connectivity index (χ2v) is 6.18. The lowest BCUT2D eigenvalue weighted by Gasteiger charge is -2.39. The van der Waals surface area contributed by atoms with Crippen LogP contribution in [0.15, 0.2) is 0 Å². The fraction of sp³-hybridized carbons (Fsp3) is 0.875. The Bertz CT molecular complexity index is 348. The van der Waals surface area contributed by atoms with E-state index in [2.05, 4.69) is 30.1 Å². The van der Waals surface area contributed by atoms with Crippen LogP contribution in [-0.4, -0.2) is 36.0 Å². The van der Waals surface area contributed by atoms with Crippen LogP contribution in [0.1, 0.15) is 53.4 Å². The maximum Gasteiger partial charge on any atom is 0.234 e. The van der Waals surface area contributed by atoms with Gasteiger partial charge < -0.3 is 5.32 Å². The van der Waals surface area contributed by atoms with Crippen LogP contribution in [0.25, 0.3) is 0 Å². The van der Waals surface area contributed by atoms with E-state index in [4.69, 9.17) is 0 Å². The summed E-state index contributed by atoms with van der Waals surface area (Å²) in [5, 5.41) is 12.3. The molecule has 1 saturated carbocycles. The van der Waals surface area contributed by atoms with Gasteiger partial charge in [-0.05, 0) is 45.6 Å². The number of amides is 1. The standard InChI is InChI=1S/C16H29N3O/c1-5-13-7-8-14(10-17)15(9-13)19(6-2)11-16(20)18-12(3)4/h12-15H,5-9,11H2,1-4H3,(H,18,20). The normalized spacial score (nSPS) is 26.6. The first kappa shape index (κ1) is 17.0. The van der Waals surface area contributed by atoms with E-state index in [1.807, 2.05) is 13.8 Å². The molecule has 20 heavy (non-hydrogen) atoms. The highest BCUT2D eigenvalue weighted by Gasteiger charge is 2.34. The highest BCUT2D eigenvalue weighted by Crippen LogP contribution is 2.33. The Balaban J connectivity index is 2.69. The molecule has 0 aromatic rings. The summed E-state index contributed by atoms with van der Waals surface area (Å²) in [7, 11) is 0. The number of nitrogens with zero attached hydrogens (tertiary/aromatic N) is 2. The van der Waals surface area contributed by atoms with Gasteiger partial charge in [-0.15, -0.1) is 0 Å². The summed E-state index contributed by atoms with van der Waals surface area (Å²) in [6.45, 7) is 9.47. The maximum atomic E-state index is 12.0. The topological polar surface area (TPSA) is 56.1 Å². The summed E-state index contributed by atoms with van der Waals surface area (Å²) in [6.07, 6.45) is 4.35. The van der Waals surface area contributed by atoms with Gasteiger partial charge in [-0.3, -0.25) is 9.69 Å². The number of hydrogen-bond acceptors (Lipinski definition) is 3. The number of carbonyl (C=O) groups excluding carboxylic acids is 1. The van der Waals surface area contributed by atoms with Gasteiger partial charge in [0.25, 0.3) is 0 Å². The summed E-state index contributed by atoms with van der Waals surface area (Å²) in [6, 6.07) is 2.86. The monoisotopic (exact) mass is 279 g/mol. The Labute approximate surface area is 123 Å². The van der Waals surface area contributed by atoms with Gasteiger partial charge in [-0.1, -0.05) is 20.3 Å². The van der Waals surface area contributed by atoms with Gasteiger partial charge in [0.2, 0.25) is 5.91 Å². The third-order valence-corrected chi connectivity index (χ3v) is 4.34. The predicted octanol–water partition coefficient (Wildman–Crippen LogP) is 2.55. The molecule has 3 atom stereocenters. The van der Waals surface area contributed by atoms with Gasteiger partial charge in [0.15, 0.2) is 0 Å². The third-order valence-electron chi connectivity index (χ3n) is 4.34. The van der Waals surface area contributed by atoms with Gasteiger partial charge in [-0.2, -0.15) is 5.26 Å². The molecule has 1 N–H and O–H groups in total. The van der Waals surface area contributed by atoms with E-state index in [1.54, 1.807) is 0 Å². The third kappa shape index (κ3) is 4.79. The lowest BCUT2D eigenvalue weighted by atomic mass is 9.77. The van der Waals surface area contributed by atoms with Crippen LogP contribution in [0, 0.1) is 23.2 Å². The van der Waals surface area contributed by atoms with Crippen molar-refractivity contribution in [3.63, 3.8) is 0 Å². The average Bonchev–Trinajstić information content (AvgIpc) is 2.43. The zero-order valence-electron chi connectivity index (χ0n) is 13.4. The molecular weight excluding hydrogens is 250 g/mol. The molecule has 0 radical (unpaired) electrons. The lowest BCUT2D eigenvalue weighted by molar-refractivity contribution is -0.123. The first-order valence-corrected chi connectivity index (χ1v) is 7.94. The molecule has 4 nitrogen and oxygen atoms in total. The highest BCUT2D eigenvalue weighted by atomic mass is 16.2. The molecule has 1 amide bonds. The fourth-order valence-corrected chi connectivity index (χ4v) is 3.17. The van der Waals surface area contributed by atoms with Crippen molar-refractivity contribution in [1.82, 2.24) is 10.2 Å². The number of likely N-dealkylation sites (N-methyl/N-ethyl adjacent to an activating group) is 1. The van der Waals surface area contributed by atoms with Crippen LogP contribution >= 0.6 is 0 Å². The van der Waals surface area contributed by atoms with E-state index < -0.39 is 0 Å². The minimum absolute atomic E-state index is 0.0668. The fourth-order valence-electron chi connectivity index (χ4n) is 3.17. The van der Waals surface area contributed by atoms with E-state index >= 15 is 0 Å². The van der Waals surface area contributed by atoms with E-state index in [0.717, 1.165) is 25.8 Å². The Morgan fingerprint density at radius 2 is 2.10 bits per heavy atom. The maximum absolute atomic E-state index is 12.0. The molecule has 4 heteroatoms. The molecule has 0 bridgehead atoms. The molecule has 0 aliphatic heterocycles. The number of nitrogens with one attached hydrogen (secondary N) is 1. The van der Waals surface area contributed by atoms with Crippen molar-refractivity contribution < 1.29 is 4.79 Å². The molecule has 1 rings (SSSR count). The zero-order chi connectivity index (χ0) is 15.1. The van der Waals surface area contributed by atoms with E-state index in [-0.39, 0.29) is 23.9 Å². The second-order valence-electron chi connectivity index (χ2n) is 6.18. The van der Waals surface area contributed by atoms with E-state index in [0.29, 0.717) is 12.5 Å². The molecule has 0 saturated heterocycles. The van der Waals surface area contributed by atoms with Crippen molar-refractivity contribution >= 4 is 5.91 Å². The van der Waals surface area contributed by atoms with Crippen molar-refractivity contribution in [2.75, 3.05) is 13.1 Å². The largest absolute Gasteiger partial charge is 0.353 e. The minimum Gasteiger partial charge on any atom is -0.353 e. The van der Waals surface area contributed by atoms with Crippen molar-refractivity contribution in [3.8, 4) is 6.07 Å². The first-order chi connectivity index (χ1) is 9.51. The van der Waals surface area contributed by atoms with Crippen LogP contribution in [0.5, 0.6) is 0 Å². The molecule has 114 valence electrons. The molecule has 1 aliphatic rings. The summed E-state index contributed by atoms with van der Waals surface area (Å²) < 4.78 is 0. The molecule has 1 fully saturated rings. The van der Waals surface area contributed by atoms with Gasteiger partial charge in [0.05, 0.1) is 18.5 Å². The summed E-state index contributed by atoms with van der Waals surface area (Å²) >= 11 is 0. The Kier molecular flexibility index (Phi) is 7.01. The molecule has 0 aromatic heterocycles. The van der Waals surface area contributed by atoms with Crippen LogP contribution in [0.2, 0.25) is 0 Å². The van der Waals surface area contributed by atoms with Crippen LogP contribution in [0.4, 0.5) is 0 Å². The molecule has 0 heterocycles. The van der Waals surface area contributed by atoms with E-state index in [9.17, 15) is 10.1 Å². The van der Waals surface area contributed by atoms with Crippen LogP contribution in [-0.2, 0) is 4.79 Å². The quantitative estimate of drug-likeness (QED) is 0.813. The summed E-state index contributed by atoms with van der Waals surface area (Å²) in [4.78, 5) is 14.2. The van der Waals surface area contributed by atoms with Crippen LogP contribution in [0.3, 0.4) is 0 Å². The molecule has 0 spiro atoms. The Morgan fingerprint density at radius 1 is 1.40 bits per heavy atom. The van der Waals surface area contributed by atoms with Crippen molar-refractivity contribution in [2.24, 2.45) is 11.8 Å². The van der Waals surface area contributed by atoms with Gasteiger partial charge >= 0.3 is 0 Å².